The molecule has 1 aromatic carbocycles. The lowest BCUT2D eigenvalue weighted by molar-refractivity contribution is 0.782. The van der Waals surface area contributed by atoms with Gasteiger partial charge in [-0.15, -0.1) is 35.3 Å². The Hall–Kier alpha value is -1.15. The fourth-order valence-corrected chi connectivity index (χ4v) is 2.97. The molecule has 0 amide bonds. The third-order valence-corrected chi connectivity index (χ3v) is 4.56. The van der Waals surface area contributed by atoms with Crippen LogP contribution in [0.4, 0.5) is 0 Å². The molecule has 0 aliphatic carbocycles. The number of thiazole rings is 1. The van der Waals surface area contributed by atoms with Crippen molar-refractivity contribution < 1.29 is 0 Å². The normalized spacial score (nSPS) is 11.0. The predicted octanol–water partition coefficient (Wildman–Crippen LogP) is 3.27. The fraction of sp³-hybridized carbons (Fsp3) is 0.412. The molecule has 2 rings (SSSR count). The van der Waals surface area contributed by atoms with E-state index in [0.29, 0.717) is 0 Å². The van der Waals surface area contributed by atoms with Gasteiger partial charge in [-0.05, 0) is 18.4 Å². The van der Waals surface area contributed by atoms with Crippen LogP contribution < -0.4 is 10.6 Å². The molecule has 6 heteroatoms. The number of aryl methyl sites for hydroxylation is 1. The number of benzene rings is 1. The van der Waals surface area contributed by atoms with Crippen LogP contribution in [0.25, 0.3) is 0 Å². The van der Waals surface area contributed by atoms with Crippen LogP contribution in [0.15, 0.2) is 41.5 Å². The average molecular weight is 444 g/mol. The predicted molar refractivity (Wildman–Crippen MR) is 110 cm³/mol. The van der Waals surface area contributed by atoms with E-state index in [2.05, 4.69) is 51.8 Å². The Balaban J connectivity index is 0.00000264. The molecule has 126 valence electrons. The summed E-state index contributed by atoms with van der Waals surface area (Å²) < 4.78 is 0. The minimum absolute atomic E-state index is 0. The van der Waals surface area contributed by atoms with Crippen molar-refractivity contribution in [2.45, 2.75) is 26.2 Å². The number of aromatic nitrogens is 1. The van der Waals surface area contributed by atoms with Crippen molar-refractivity contribution in [2.75, 3.05) is 20.1 Å². The Labute approximate surface area is 159 Å². The van der Waals surface area contributed by atoms with E-state index < -0.39 is 0 Å². The van der Waals surface area contributed by atoms with Crippen molar-refractivity contribution in [3.8, 4) is 0 Å². The molecule has 2 aromatic rings. The summed E-state index contributed by atoms with van der Waals surface area (Å²) in [5.74, 6) is 0.850. The van der Waals surface area contributed by atoms with Gasteiger partial charge in [0, 0.05) is 37.6 Å². The van der Waals surface area contributed by atoms with Crippen LogP contribution in [0.2, 0.25) is 0 Å². The molecule has 1 heterocycles. The zero-order valence-corrected chi connectivity index (χ0v) is 16.9. The van der Waals surface area contributed by atoms with Crippen LogP contribution in [0, 0.1) is 0 Å². The Morgan fingerprint density at radius 3 is 2.43 bits per heavy atom. The second-order valence-corrected chi connectivity index (χ2v) is 6.18. The molecule has 0 aliphatic heterocycles. The van der Waals surface area contributed by atoms with E-state index >= 15 is 0 Å². The third-order valence-electron chi connectivity index (χ3n) is 3.35. The number of nitrogens with zero attached hydrogens (tertiary/aromatic N) is 2. The first-order chi connectivity index (χ1) is 10.8. The zero-order valence-electron chi connectivity index (χ0n) is 13.7. The molecule has 0 saturated heterocycles. The molecule has 0 fully saturated rings. The Morgan fingerprint density at radius 1 is 1.13 bits per heavy atom. The highest BCUT2D eigenvalue weighted by Crippen LogP contribution is 2.13. The number of aliphatic imine (C=N–C) groups is 1. The standard InChI is InChI=1S/C17H24N4S.HI/c1-3-15-13-21-16(22-15)10-12-20-17(18-2)19-11-9-14-7-5-4-6-8-14;/h4-8,13H,3,9-12H2,1-2H3,(H2,18,19,20);1H. The van der Waals surface area contributed by atoms with Crippen LogP contribution in [-0.4, -0.2) is 31.1 Å². The number of rotatable bonds is 7. The zero-order chi connectivity index (χ0) is 15.6. The van der Waals surface area contributed by atoms with Crippen LogP contribution in [-0.2, 0) is 19.3 Å². The molecule has 0 aliphatic rings. The van der Waals surface area contributed by atoms with Crippen molar-refractivity contribution in [1.29, 1.82) is 0 Å². The summed E-state index contributed by atoms with van der Waals surface area (Å²) in [5.41, 5.74) is 1.33. The molecular formula is C17H25IN4S. The summed E-state index contributed by atoms with van der Waals surface area (Å²) in [4.78, 5) is 10.0. The van der Waals surface area contributed by atoms with Gasteiger partial charge in [0.25, 0.3) is 0 Å². The average Bonchev–Trinajstić information content (AvgIpc) is 3.02. The minimum Gasteiger partial charge on any atom is -0.356 e. The first-order valence-corrected chi connectivity index (χ1v) is 8.55. The number of guanidine groups is 1. The largest absolute Gasteiger partial charge is 0.356 e. The van der Waals surface area contributed by atoms with E-state index in [0.717, 1.165) is 38.3 Å². The lowest BCUT2D eigenvalue weighted by atomic mass is 10.1. The van der Waals surface area contributed by atoms with Crippen LogP contribution in [0.5, 0.6) is 0 Å². The van der Waals surface area contributed by atoms with Gasteiger partial charge in [-0.3, -0.25) is 4.99 Å². The Kier molecular flexibility index (Phi) is 9.86. The maximum Gasteiger partial charge on any atom is 0.191 e. The van der Waals surface area contributed by atoms with Gasteiger partial charge in [-0.2, -0.15) is 0 Å². The summed E-state index contributed by atoms with van der Waals surface area (Å²) >= 11 is 1.80. The maximum atomic E-state index is 4.43. The molecule has 0 unspecified atom stereocenters. The monoisotopic (exact) mass is 444 g/mol. The Bertz CT molecular complexity index is 583. The number of hydrogen-bond acceptors (Lipinski definition) is 3. The molecule has 0 radical (unpaired) electrons. The summed E-state index contributed by atoms with van der Waals surface area (Å²) in [7, 11) is 1.80. The summed E-state index contributed by atoms with van der Waals surface area (Å²) in [6, 6.07) is 10.5. The van der Waals surface area contributed by atoms with E-state index in [4.69, 9.17) is 0 Å². The second kappa shape index (κ2) is 11.4. The quantitative estimate of drug-likeness (QED) is 0.392. The van der Waals surface area contributed by atoms with Crippen molar-refractivity contribution in [1.82, 2.24) is 15.6 Å². The van der Waals surface area contributed by atoms with Crippen molar-refractivity contribution in [2.24, 2.45) is 4.99 Å². The molecular weight excluding hydrogens is 419 g/mol. The first kappa shape index (κ1) is 19.9. The highest BCUT2D eigenvalue weighted by atomic mass is 127. The molecule has 4 nitrogen and oxygen atoms in total. The van der Waals surface area contributed by atoms with Crippen molar-refractivity contribution >= 4 is 41.3 Å². The van der Waals surface area contributed by atoms with Gasteiger partial charge in [0.15, 0.2) is 5.96 Å². The SMILES string of the molecule is CCc1cnc(CCNC(=NC)NCCc2ccccc2)s1.I. The van der Waals surface area contributed by atoms with Crippen molar-refractivity contribution in [3.05, 3.63) is 52.0 Å². The van der Waals surface area contributed by atoms with Gasteiger partial charge < -0.3 is 10.6 Å². The van der Waals surface area contributed by atoms with Gasteiger partial charge in [0.2, 0.25) is 0 Å². The van der Waals surface area contributed by atoms with Gasteiger partial charge in [-0.25, -0.2) is 4.98 Å². The molecule has 0 spiro atoms. The van der Waals surface area contributed by atoms with E-state index in [1.54, 1.807) is 18.4 Å². The summed E-state index contributed by atoms with van der Waals surface area (Å²) in [6.45, 7) is 3.89. The maximum absolute atomic E-state index is 4.43. The van der Waals surface area contributed by atoms with Gasteiger partial charge in [0.05, 0.1) is 5.01 Å². The minimum atomic E-state index is 0. The fourth-order valence-electron chi connectivity index (χ4n) is 2.11. The van der Waals surface area contributed by atoms with Crippen LogP contribution in [0.3, 0.4) is 0 Å². The van der Waals surface area contributed by atoms with E-state index in [9.17, 15) is 0 Å². The van der Waals surface area contributed by atoms with Crippen molar-refractivity contribution in [3.63, 3.8) is 0 Å². The van der Waals surface area contributed by atoms with Gasteiger partial charge in [0.1, 0.15) is 0 Å². The lowest BCUT2D eigenvalue weighted by Gasteiger charge is -2.11. The van der Waals surface area contributed by atoms with Crippen LogP contribution >= 0.6 is 35.3 Å². The molecule has 0 bridgehead atoms. The summed E-state index contributed by atoms with van der Waals surface area (Å²) in [6.07, 6.45) is 4.97. The molecule has 0 atom stereocenters. The highest BCUT2D eigenvalue weighted by molar-refractivity contribution is 14.0. The Morgan fingerprint density at radius 2 is 1.83 bits per heavy atom. The van der Waals surface area contributed by atoms with Crippen LogP contribution in [0.1, 0.15) is 22.4 Å². The van der Waals surface area contributed by atoms with E-state index in [-0.39, 0.29) is 24.0 Å². The second-order valence-electron chi connectivity index (χ2n) is 4.99. The number of hydrogen-bond donors (Lipinski definition) is 2. The summed E-state index contributed by atoms with van der Waals surface area (Å²) in [5, 5.41) is 7.86. The topological polar surface area (TPSA) is 49.3 Å². The van der Waals surface area contributed by atoms with Gasteiger partial charge in [-0.1, -0.05) is 37.3 Å². The smallest absolute Gasteiger partial charge is 0.191 e. The van der Waals surface area contributed by atoms with E-state index in [1.165, 1.54) is 15.4 Å². The van der Waals surface area contributed by atoms with E-state index in [1.807, 2.05) is 12.3 Å². The lowest BCUT2D eigenvalue weighted by Crippen LogP contribution is -2.39. The third kappa shape index (κ3) is 7.30. The highest BCUT2D eigenvalue weighted by Gasteiger charge is 2.02. The number of nitrogens with one attached hydrogen (secondary N) is 2. The van der Waals surface area contributed by atoms with Gasteiger partial charge >= 0.3 is 0 Å². The first-order valence-electron chi connectivity index (χ1n) is 7.74. The molecule has 1 aromatic heterocycles. The molecule has 23 heavy (non-hydrogen) atoms. The molecule has 0 saturated carbocycles. The number of halogens is 1. The molecule has 2 N–H and O–H groups in total.